The van der Waals surface area contributed by atoms with Crippen LogP contribution in [0.1, 0.15) is 14.3 Å². The van der Waals surface area contributed by atoms with Gasteiger partial charge in [0.15, 0.2) is 0 Å². The summed E-state index contributed by atoms with van der Waals surface area (Å²) in [6, 6.07) is 6.11. The van der Waals surface area contributed by atoms with Gasteiger partial charge in [-0.3, -0.25) is 0 Å². The van der Waals surface area contributed by atoms with Gasteiger partial charge >= 0.3 is 0 Å². The Morgan fingerprint density at radius 2 is 1.95 bits per heavy atom. The molecule has 1 aliphatic rings. The molecule has 0 bridgehead atoms. The minimum atomic E-state index is -2.25. The Bertz CT molecular complexity index is 663. The van der Waals surface area contributed by atoms with E-state index in [1.807, 2.05) is 0 Å². The van der Waals surface area contributed by atoms with Gasteiger partial charge in [-0.1, -0.05) is 11.6 Å². The predicted octanol–water partition coefficient (Wildman–Crippen LogP) is 4.79. The SMILES string of the molecule is COc1ccc(-c2cc(F)c(N)cc2Cl)cn1.FC1(F)CC1.[HH]. The standard InChI is InChI=1S/C12H10ClFN2O.C3H4F2.H2/c1-17-12-3-2-7(6-16-12)8-4-10(14)11(15)5-9(8)13;4-3(5)1-2-3;/h2-6H,15H2,1H3;1-2H2;1H. The van der Waals surface area contributed by atoms with E-state index in [1.165, 1.54) is 19.2 Å². The van der Waals surface area contributed by atoms with Crippen molar-refractivity contribution in [3.63, 3.8) is 0 Å². The summed E-state index contributed by atoms with van der Waals surface area (Å²) in [5.74, 6) is -2.26. The van der Waals surface area contributed by atoms with Crippen LogP contribution < -0.4 is 10.5 Å². The van der Waals surface area contributed by atoms with E-state index in [1.54, 1.807) is 18.3 Å². The van der Waals surface area contributed by atoms with Crippen molar-refractivity contribution in [2.45, 2.75) is 18.8 Å². The Balaban J connectivity index is 0.000000377. The van der Waals surface area contributed by atoms with Crippen LogP contribution >= 0.6 is 11.6 Å². The third-order valence-corrected chi connectivity index (χ3v) is 3.28. The number of anilines is 1. The Morgan fingerprint density at radius 3 is 2.41 bits per heavy atom. The van der Waals surface area contributed by atoms with Crippen LogP contribution in [0.25, 0.3) is 11.1 Å². The maximum atomic E-state index is 13.4. The van der Waals surface area contributed by atoms with Gasteiger partial charge in [0.05, 0.1) is 17.8 Å². The summed E-state index contributed by atoms with van der Waals surface area (Å²) in [5, 5.41) is 0.385. The van der Waals surface area contributed by atoms with Crippen LogP contribution in [0, 0.1) is 5.82 Å². The monoisotopic (exact) mass is 332 g/mol. The smallest absolute Gasteiger partial charge is 0.248 e. The maximum absolute atomic E-state index is 13.4. The molecule has 2 N–H and O–H groups in total. The maximum Gasteiger partial charge on any atom is 0.248 e. The highest BCUT2D eigenvalue weighted by Gasteiger charge is 2.43. The molecule has 0 spiro atoms. The van der Waals surface area contributed by atoms with Crippen molar-refractivity contribution in [3.05, 3.63) is 41.3 Å². The lowest BCUT2D eigenvalue weighted by Gasteiger charge is -2.07. The van der Waals surface area contributed by atoms with Crippen molar-refractivity contribution in [1.29, 1.82) is 0 Å². The topological polar surface area (TPSA) is 48.1 Å². The van der Waals surface area contributed by atoms with Gasteiger partial charge in [-0.15, -0.1) is 0 Å². The summed E-state index contributed by atoms with van der Waals surface area (Å²) in [6.45, 7) is 0. The first-order valence-corrected chi connectivity index (χ1v) is 6.83. The third-order valence-electron chi connectivity index (χ3n) is 2.97. The second-order valence-corrected chi connectivity index (χ2v) is 5.21. The molecule has 0 radical (unpaired) electrons. The number of hydrogen-bond donors (Lipinski definition) is 1. The molecule has 120 valence electrons. The molecule has 0 saturated heterocycles. The first-order chi connectivity index (χ1) is 10.3. The number of hydrogen-bond acceptors (Lipinski definition) is 3. The van der Waals surface area contributed by atoms with Crippen LogP contribution in [0.15, 0.2) is 30.5 Å². The second kappa shape index (κ2) is 6.44. The lowest BCUT2D eigenvalue weighted by Crippen LogP contribution is -1.93. The van der Waals surface area contributed by atoms with E-state index >= 15 is 0 Å². The molecule has 3 nitrogen and oxygen atoms in total. The van der Waals surface area contributed by atoms with Crippen LogP contribution in [0.5, 0.6) is 5.88 Å². The molecule has 0 unspecified atom stereocenters. The van der Waals surface area contributed by atoms with Crippen LogP contribution in [-0.2, 0) is 0 Å². The third kappa shape index (κ3) is 4.27. The van der Waals surface area contributed by atoms with Crippen molar-refractivity contribution in [2.75, 3.05) is 12.8 Å². The zero-order valence-corrected chi connectivity index (χ0v) is 12.5. The Hall–Kier alpha value is -1.95. The summed E-state index contributed by atoms with van der Waals surface area (Å²) in [6.07, 6.45) is 1.80. The molecule has 1 aromatic carbocycles. The van der Waals surface area contributed by atoms with Gasteiger partial charge in [-0.05, 0) is 18.2 Å². The zero-order valence-electron chi connectivity index (χ0n) is 11.7. The van der Waals surface area contributed by atoms with Gasteiger partial charge in [0.2, 0.25) is 11.8 Å². The molecular formula is C15H16ClF3N2O. The molecule has 2 aromatic rings. The molecule has 7 heteroatoms. The van der Waals surface area contributed by atoms with Crippen molar-refractivity contribution >= 4 is 17.3 Å². The normalized spacial score (nSPS) is 14.8. The van der Waals surface area contributed by atoms with Gasteiger partial charge in [0.25, 0.3) is 0 Å². The molecule has 22 heavy (non-hydrogen) atoms. The molecular weight excluding hydrogens is 317 g/mol. The van der Waals surface area contributed by atoms with Gasteiger partial charge in [0.1, 0.15) is 5.82 Å². The summed E-state index contributed by atoms with van der Waals surface area (Å²) >= 11 is 6.00. The Morgan fingerprint density at radius 1 is 1.32 bits per heavy atom. The fourth-order valence-electron chi connectivity index (χ4n) is 1.54. The summed E-state index contributed by atoms with van der Waals surface area (Å²) in [7, 11) is 1.53. The summed E-state index contributed by atoms with van der Waals surface area (Å²) < 4.78 is 40.6. The van der Waals surface area contributed by atoms with E-state index in [2.05, 4.69) is 4.98 Å². The molecule has 0 amide bonds. The van der Waals surface area contributed by atoms with Gasteiger partial charge in [-0.25, -0.2) is 18.2 Å². The van der Waals surface area contributed by atoms with E-state index in [9.17, 15) is 13.2 Å². The molecule has 1 aliphatic carbocycles. The predicted molar refractivity (Wildman–Crippen MR) is 81.9 cm³/mol. The first-order valence-electron chi connectivity index (χ1n) is 6.45. The highest BCUT2D eigenvalue weighted by Crippen LogP contribution is 2.40. The number of alkyl halides is 2. The summed E-state index contributed by atoms with van der Waals surface area (Å²) in [4.78, 5) is 4.03. The van der Waals surface area contributed by atoms with Crippen molar-refractivity contribution in [1.82, 2.24) is 4.98 Å². The van der Waals surface area contributed by atoms with Crippen LogP contribution in [0.3, 0.4) is 0 Å². The number of nitrogens with zero attached hydrogens (tertiary/aromatic N) is 1. The molecule has 0 atom stereocenters. The van der Waals surface area contributed by atoms with Gasteiger partial charge < -0.3 is 10.5 Å². The molecule has 3 rings (SSSR count). The molecule has 1 aromatic heterocycles. The summed E-state index contributed by atoms with van der Waals surface area (Å²) in [5.41, 5.74) is 6.70. The largest absolute Gasteiger partial charge is 0.481 e. The van der Waals surface area contributed by atoms with Crippen LogP contribution in [0.4, 0.5) is 18.9 Å². The van der Waals surface area contributed by atoms with E-state index < -0.39 is 11.7 Å². The van der Waals surface area contributed by atoms with Gasteiger partial charge in [-0.2, -0.15) is 0 Å². The molecule has 0 aliphatic heterocycles. The minimum absolute atomic E-state index is 0. The molecule has 1 fully saturated rings. The highest BCUT2D eigenvalue weighted by molar-refractivity contribution is 6.33. The lowest BCUT2D eigenvalue weighted by molar-refractivity contribution is 0.120. The second-order valence-electron chi connectivity index (χ2n) is 4.80. The van der Waals surface area contributed by atoms with Crippen molar-refractivity contribution < 1.29 is 19.3 Å². The van der Waals surface area contributed by atoms with Crippen molar-refractivity contribution in [2.24, 2.45) is 0 Å². The fourth-order valence-corrected chi connectivity index (χ4v) is 1.82. The number of nitrogens with two attached hydrogens (primary N) is 1. The number of methoxy groups -OCH3 is 1. The van der Waals surface area contributed by atoms with E-state index in [0.717, 1.165) is 0 Å². The average Bonchev–Trinajstić information content (AvgIpc) is 3.19. The number of pyridine rings is 1. The Labute approximate surface area is 132 Å². The van der Waals surface area contributed by atoms with E-state index in [0.29, 0.717) is 22.0 Å². The van der Waals surface area contributed by atoms with Crippen LogP contribution in [-0.4, -0.2) is 18.0 Å². The van der Waals surface area contributed by atoms with Crippen LogP contribution in [0.2, 0.25) is 5.02 Å². The average molecular weight is 333 g/mol. The highest BCUT2D eigenvalue weighted by atomic mass is 35.5. The first kappa shape index (κ1) is 16.4. The fraction of sp³-hybridized carbons (Fsp3) is 0.267. The van der Waals surface area contributed by atoms with Crippen molar-refractivity contribution in [3.8, 4) is 17.0 Å². The number of halogens is 4. The zero-order chi connectivity index (χ0) is 16.3. The van der Waals surface area contributed by atoms with E-state index in [4.69, 9.17) is 22.1 Å². The lowest BCUT2D eigenvalue weighted by atomic mass is 10.1. The molecule has 1 heterocycles. The Kier molecular flexibility index (Phi) is 4.81. The number of rotatable bonds is 2. The number of aromatic nitrogens is 1. The number of nitrogen functional groups attached to an aromatic ring is 1. The number of ether oxygens (including phenoxy) is 1. The minimum Gasteiger partial charge on any atom is -0.481 e. The molecule has 1 saturated carbocycles. The quantitative estimate of drug-likeness (QED) is 0.804. The number of benzene rings is 1. The van der Waals surface area contributed by atoms with E-state index in [-0.39, 0.29) is 20.0 Å². The van der Waals surface area contributed by atoms with Gasteiger partial charge in [0, 0.05) is 37.7 Å².